The standard InChI is InChI=1S/C22H31NO3/c1-3-23(4-2)17-11-12-18-26-21(24)22(25,19-13-7-5-8-14-19)20-15-9-6-10-16-20/h5,7-8,13-14,20,25H,3-4,6,9-10,15-18H2,1-2H3/i3D2,4D2,5D,7D,8D,13D,14D,18D2,25D. The Labute approximate surface area is 174 Å². The van der Waals surface area contributed by atoms with Crippen LogP contribution in [0.2, 0.25) is 0 Å². The molecule has 0 bridgehead atoms. The third kappa shape index (κ3) is 5.09. The number of nitrogens with zero attached hydrogens (tertiary/aromatic N) is 1. The van der Waals surface area contributed by atoms with E-state index in [-0.39, 0.29) is 12.8 Å². The average molecular weight is 370 g/mol. The maximum atomic E-state index is 13.6. The fourth-order valence-electron chi connectivity index (χ4n) is 2.99. The molecule has 142 valence electrons. The van der Waals surface area contributed by atoms with Crippen molar-refractivity contribution in [3.63, 3.8) is 0 Å². The van der Waals surface area contributed by atoms with Crippen LogP contribution >= 0.6 is 0 Å². The number of esters is 1. The lowest BCUT2D eigenvalue weighted by atomic mass is 9.73. The summed E-state index contributed by atoms with van der Waals surface area (Å²) in [4.78, 5) is 14.3. The topological polar surface area (TPSA) is 49.8 Å². The minimum Gasteiger partial charge on any atom is -0.450 e. The highest BCUT2D eigenvalue weighted by Gasteiger charge is 2.46. The van der Waals surface area contributed by atoms with E-state index in [2.05, 4.69) is 5.92 Å². The molecule has 1 aromatic carbocycles. The van der Waals surface area contributed by atoms with Gasteiger partial charge in [-0.15, -0.1) is 0 Å². The van der Waals surface area contributed by atoms with Gasteiger partial charge in [-0.1, -0.05) is 75.2 Å². The van der Waals surface area contributed by atoms with Crippen LogP contribution in [0.5, 0.6) is 0 Å². The number of carbonyl (C=O) groups is 1. The highest BCUT2D eigenvalue weighted by atomic mass is 16.5. The summed E-state index contributed by atoms with van der Waals surface area (Å²) in [5.74, 6) is 1.95. The molecule has 0 amide bonds. The Bertz CT molecular complexity index is 1060. The number of benzene rings is 1. The number of ether oxygens (including phenoxy) is 1. The first-order chi connectivity index (χ1) is 17.3. The molecule has 0 aliphatic heterocycles. The summed E-state index contributed by atoms with van der Waals surface area (Å²) in [6.45, 7) is -5.67. The molecule has 0 spiro atoms. The third-order valence-electron chi connectivity index (χ3n) is 4.41. The Balaban J connectivity index is 2.57. The van der Waals surface area contributed by atoms with Crippen molar-refractivity contribution in [1.82, 2.24) is 4.90 Å². The number of hydrogen-bond acceptors (Lipinski definition) is 4. The Morgan fingerprint density at radius 1 is 1.31 bits per heavy atom. The van der Waals surface area contributed by atoms with Gasteiger partial charge in [0.15, 0.2) is 12.2 Å². The zero-order valence-electron chi connectivity index (χ0n) is 27.0. The fourth-order valence-corrected chi connectivity index (χ4v) is 2.99. The van der Waals surface area contributed by atoms with E-state index in [1.807, 2.05) is 5.92 Å². The van der Waals surface area contributed by atoms with E-state index in [0.717, 1.165) is 25.2 Å². The lowest BCUT2D eigenvalue weighted by Crippen LogP contribution is -2.45. The van der Waals surface area contributed by atoms with Crippen LogP contribution in [-0.2, 0) is 15.1 Å². The molecule has 1 fully saturated rings. The van der Waals surface area contributed by atoms with Gasteiger partial charge in [-0.2, -0.15) is 0 Å². The predicted molar refractivity (Wildman–Crippen MR) is 103 cm³/mol. The highest BCUT2D eigenvalue weighted by Crippen LogP contribution is 2.40. The molecule has 2 rings (SSSR count). The Morgan fingerprint density at radius 3 is 2.62 bits per heavy atom. The molecule has 0 heterocycles. The van der Waals surface area contributed by atoms with E-state index in [0.29, 0.717) is 12.8 Å². The Kier molecular flexibility index (Phi) is 3.74. The van der Waals surface area contributed by atoms with Crippen molar-refractivity contribution in [2.75, 3.05) is 26.1 Å². The SMILES string of the molecule is [2H]OC(C(=O)OC([2H])([2H])C#CCN(C([2H])([2H])C)C([2H])([2H])C)(c1c([2H])c([2H])c([2H])c([2H])c1[2H])C1CCCCC1. The molecule has 1 aromatic rings. The maximum absolute atomic E-state index is 13.6. The first kappa shape index (κ1) is 9.39. The second kappa shape index (κ2) is 10.4. The molecule has 0 aromatic heterocycles. The van der Waals surface area contributed by atoms with Gasteiger partial charge in [0.1, 0.15) is 0 Å². The van der Waals surface area contributed by atoms with E-state index < -0.39 is 79.4 Å². The molecule has 0 saturated heterocycles. The number of carbonyl (C=O) groups excluding carboxylic acids is 1. The highest BCUT2D eigenvalue weighted by molar-refractivity contribution is 5.81. The van der Waals surface area contributed by atoms with Gasteiger partial charge in [0.05, 0.1) is 16.1 Å². The summed E-state index contributed by atoms with van der Waals surface area (Å²) in [5.41, 5.74) is -3.17. The molecule has 1 N–H and O–H groups in total. The molecular formula is C22H31NO3. The predicted octanol–water partition coefficient (Wildman–Crippen LogP) is 3.34. The van der Waals surface area contributed by atoms with Crippen LogP contribution in [0.4, 0.5) is 0 Å². The Hall–Kier alpha value is -1.83. The normalized spacial score (nSPS) is 25.5. The van der Waals surface area contributed by atoms with Gasteiger partial charge in [-0.05, 0) is 31.4 Å². The molecule has 1 saturated carbocycles. The zero-order valence-corrected chi connectivity index (χ0v) is 15.0. The molecule has 1 atom stereocenters. The first-order valence-electron chi connectivity index (χ1n) is 14.4. The summed E-state index contributed by atoms with van der Waals surface area (Å²) in [5, 5.41) is 4.90. The van der Waals surface area contributed by atoms with Crippen molar-refractivity contribution < 1.29 is 29.7 Å². The molecule has 1 aliphatic rings. The van der Waals surface area contributed by atoms with Gasteiger partial charge in [-0.3, -0.25) is 4.90 Å². The molecular weight excluding hydrogens is 326 g/mol. The van der Waals surface area contributed by atoms with Crippen LogP contribution in [0.1, 0.15) is 66.6 Å². The van der Waals surface area contributed by atoms with Gasteiger partial charge in [0.25, 0.3) is 0 Å². The van der Waals surface area contributed by atoms with E-state index in [1.165, 1.54) is 0 Å². The summed E-state index contributed by atoms with van der Waals surface area (Å²) in [6.07, 6.45) is 2.58. The van der Waals surface area contributed by atoms with Gasteiger partial charge < -0.3 is 9.85 Å². The third-order valence-corrected chi connectivity index (χ3v) is 4.41. The van der Waals surface area contributed by atoms with Crippen LogP contribution < -0.4 is 0 Å². The molecule has 1 unspecified atom stereocenters. The molecule has 4 nitrogen and oxygen atoms in total. The molecule has 26 heavy (non-hydrogen) atoms. The van der Waals surface area contributed by atoms with Crippen molar-refractivity contribution in [1.29, 1.82) is 1.43 Å². The summed E-state index contributed by atoms with van der Waals surface area (Å²) in [7, 11) is 0. The van der Waals surface area contributed by atoms with E-state index in [1.54, 1.807) is 0 Å². The maximum Gasteiger partial charge on any atom is 0.344 e. The fraction of sp³-hybridized carbons (Fsp3) is 0.591. The van der Waals surface area contributed by atoms with Crippen LogP contribution in [0.15, 0.2) is 30.2 Å². The minimum atomic E-state index is -3.03. The van der Waals surface area contributed by atoms with Gasteiger partial charge in [-0.25, -0.2) is 4.79 Å². The lowest BCUT2D eigenvalue weighted by molar-refractivity contribution is -0.174. The quantitative estimate of drug-likeness (QED) is 0.564. The van der Waals surface area contributed by atoms with Crippen molar-refractivity contribution in [3.8, 4) is 11.8 Å². The van der Waals surface area contributed by atoms with Gasteiger partial charge in [0, 0.05) is 11.4 Å². The van der Waals surface area contributed by atoms with Crippen molar-refractivity contribution in [2.45, 2.75) is 51.6 Å². The van der Waals surface area contributed by atoms with Crippen molar-refractivity contribution in [2.24, 2.45) is 5.92 Å². The summed E-state index contributed by atoms with van der Waals surface area (Å²) >= 11 is 0. The van der Waals surface area contributed by atoms with Crippen molar-refractivity contribution in [3.05, 3.63) is 35.8 Å². The molecule has 0 radical (unpaired) electrons. The smallest absolute Gasteiger partial charge is 0.344 e. The van der Waals surface area contributed by atoms with Crippen LogP contribution in [0.25, 0.3) is 0 Å². The summed E-state index contributed by atoms with van der Waals surface area (Å²) < 4.78 is 101. The largest absolute Gasteiger partial charge is 0.450 e. The number of hydrogen-bond donors (Lipinski definition) is 1. The average Bonchev–Trinajstić information content (AvgIpc) is 2.80. The molecule has 4 heteroatoms. The second-order valence-electron chi connectivity index (χ2n) is 5.90. The van der Waals surface area contributed by atoms with Gasteiger partial charge in [0.2, 0.25) is 1.43 Å². The van der Waals surface area contributed by atoms with Crippen LogP contribution in [0, 0.1) is 17.8 Å². The lowest BCUT2D eigenvalue weighted by Gasteiger charge is -2.36. The monoisotopic (exact) mass is 369 g/mol. The molecule has 1 aliphatic carbocycles. The Morgan fingerprint density at radius 2 is 2.00 bits per heavy atom. The van der Waals surface area contributed by atoms with Crippen molar-refractivity contribution >= 4 is 5.97 Å². The number of rotatable bonds is 8. The van der Waals surface area contributed by atoms with Crippen LogP contribution in [0.3, 0.4) is 0 Å². The minimum absolute atomic E-state index is 0.289. The first-order valence-corrected chi connectivity index (χ1v) is 8.54. The van der Waals surface area contributed by atoms with E-state index in [4.69, 9.17) is 26.4 Å². The second-order valence-corrected chi connectivity index (χ2v) is 5.90. The summed E-state index contributed by atoms with van der Waals surface area (Å²) in [6, 6.07) is -3.77. The van der Waals surface area contributed by atoms with E-state index in [9.17, 15) is 4.79 Å². The zero-order chi connectivity index (χ0) is 29.3. The van der Waals surface area contributed by atoms with Gasteiger partial charge >= 0.3 is 5.97 Å². The number of aliphatic hydroxyl groups is 1. The van der Waals surface area contributed by atoms with Crippen LogP contribution in [-0.4, -0.2) is 43.5 Å². The van der Waals surface area contributed by atoms with E-state index >= 15 is 0 Å².